The molecule has 0 aliphatic carbocycles. The van der Waals surface area contributed by atoms with Crippen molar-refractivity contribution in [3.05, 3.63) is 53.3 Å². The van der Waals surface area contributed by atoms with Crippen LogP contribution in [-0.2, 0) is 4.79 Å². The van der Waals surface area contributed by atoms with Crippen LogP contribution in [0.15, 0.2) is 42.5 Å². The van der Waals surface area contributed by atoms with Crippen molar-refractivity contribution in [1.29, 1.82) is 0 Å². The van der Waals surface area contributed by atoms with Gasteiger partial charge in [0, 0.05) is 29.1 Å². The standard InChI is InChI=1S/C17H15ClF2N2O/c18-13-6-2-1-4-11(13)12-5-3-7-14(16(12)20)22-17(23)15-8-10(19)9-21-15/h1-7,10,15,21H,8-9H2,(H,22,23)/t10?,15-/m0/s1. The Morgan fingerprint density at radius 3 is 2.61 bits per heavy atom. The predicted molar refractivity (Wildman–Crippen MR) is 86.8 cm³/mol. The quantitative estimate of drug-likeness (QED) is 0.895. The fourth-order valence-corrected chi connectivity index (χ4v) is 2.87. The second-order valence-corrected chi connectivity index (χ2v) is 5.84. The number of hydrogen-bond donors (Lipinski definition) is 2. The molecule has 3 nitrogen and oxygen atoms in total. The van der Waals surface area contributed by atoms with Crippen molar-refractivity contribution >= 4 is 23.2 Å². The molecule has 2 N–H and O–H groups in total. The van der Waals surface area contributed by atoms with E-state index in [0.29, 0.717) is 16.1 Å². The minimum absolute atomic E-state index is 0.0523. The first-order valence-electron chi connectivity index (χ1n) is 7.28. The lowest BCUT2D eigenvalue weighted by molar-refractivity contribution is -0.117. The van der Waals surface area contributed by atoms with E-state index in [0.717, 1.165) is 0 Å². The highest BCUT2D eigenvalue weighted by Gasteiger charge is 2.29. The number of carbonyl (C=O) groups is 1. The largest absolute Gasteiger partial charge is 0.322 e. The molecule has 0 spiro atoms. The Balaban J connectivity index is 1.86. The lowest BCUT2D eigenvalue weighted by Crippen LogP contribution is -2.35. The van der Waals surface area contributed by atoms with Crippen LogP contribution in [0, 0.1) is 5.82 Å². The van der Waals surface area contributed by atoms with E-state index in [1.165, 1.54) is 6.07 Å². The molecule has 1 aliphatic rings. The Labute approximate surface area is 137 Å². The Hall–Kier alpha value is -1.98. The molecule has 2 atom stereocenters. The molecular formula is C17H15ClF2N2O. The maximum atomic E-state index is 14.7. The summed E-state index contributed by atoms with van der Waals surface area (Å²) in [5.74, 6) is -1.01. The Kier molecular flexibility index (Phi) is 4.59. The molecular weight excluding hydrogens is 322 g/mol. The van der Waals surface area contributed by atoms with E-state index in [1.807, 2.05) is 0 Å². The zero-order chi connectivity index (χ0) is 16.4. The number of nitrogens with one attached hydrogen (secondary N) is 2. The first kappa shape index (κ1) is 15.9. The summed E-state index contributed by atoms with van der Waals surface area (Å²) in [5, 5.41) is 5.71. The van der Waals surface area contributed by atoms with Crippen molar-refractivity contribution in [2.24, 2.45) is 0 Å². The number of benzene rings is 2. The number of carbonyl (C=O) groups excluding carboxylic acids is 1. The Morgan fingerprint density at radius 2 is 1.91 bits per heavy atom. The van der Waals surface area contributed by atoms with E-state index in [2.05, 4.69) is 10.6 Å². The molecule has 2 aromatic rings. The molecule has 6 heteroatoms. The second-order valence-electron chi connectivity index (χ2n) is 5.43. The van der Waals surface area contributed by atoms with Gasteiger partial charge in [-0.3, -0.25) is 4.79 Å². The number of halogens is 3. The highest BCUT2D eigenvalue weighted by molar-refractivity contribution is 6.33. The van der Waals surface area contributed by atoms with Crippen molar-refractivity contribution < 1.29 is 13.6 Å². The molecule has 1 aliphatic heterocycles. The van der Waals surface area contributed by atoms with Gasteiger partial charge in [-0.05, 0) is 12.1 Å². The number of rotatable bonds is 3. The van der Waals surface area contributed by atoms with Crippen molar-refractivity contribution in [2.75, 3.05) is 11.9 Å². The fourth-order valence-electron chi connectivity index (χ4n) is 2.63. The summed E-state index contributed by atoms with van der Waals surface area (Å²) in [6.45, 7) is 0.139. The molecule has 0 bridgehead atoms. The summed E-state index contributed by atoms with van der Waals surface area (Å²) in [4.78, 5) is 12.1. The number of anilines is 1. The number of hydrogen-bond acceptors (Lipinski definition) is 2. The Bertz CT molecular complexity index is 738. The maximum absolute atomic E-state index is 14.7. The molecule has 1 unspecified atom stereocenters. The van der Waals surface area contributed by atoms with E-state index in [-0.39, 0.29) is 18.7 Å². The summed E-state index contributed by atoms with van der Waals surface area (Å²) < 4.78 is 27.8. The van der Waals surface area contributed by atoms with Gasteiger partial charge in [-0.25, -0.2) is 8.78 Å². The van der Waals surface area contributed by atoms with Gasteiger partial charge in [-0.15, -0.1) is 0 Å². The van der Waals surface area contributed by atoms with Crippen LogP contribution in [0.5, 0.6) is 0 Å². The van der Waals surface area contributed by atoms with Crippen LogP contribution in [0.3, 0.4) is 0 Å². The molecule has 3 rings (SSSR count). The lowest BCUT2D eigenvalue weighted by Gasteiger charge is -2.14. The normalized spacial score (nSPS) is 20.5. The van der Waals surface area contributed by atoms with Gasteiger partial charge in [-0.1, -0.05) is 41.9 Å². The van der Waals surface area contributed by atoms with Gasteiger partial charge in [-0.2, -0.15) is 0 Å². The molecule has 1 fully saturated rings. The van der Waals surface area contributed by atoms with Crippen LogP contribution in [0.2, 0.25) is 5.02 Å². The van der Waals surface area contributed by atoms with Crippen molar-refractivity contribution in [2.45, 2.75) is 18.6 Å². The van der Waals surface area contributed by atoms with Crippen LogP contribution >= 0.6 is 11.6 Å². The SMILES string of the molecule is O=C(Nc1cccc(-c2ccccc2Cl)c1F)[C@@H]1CC(F)CN1. The highest BCUT2D eigenvalue weighted by Crippen LogP contribution is 2.32. The zero-order valence-electron chi connectivity index (χ0n) is 12.2. The first-order valence-corrected chi connectivity index (χ1v) is 7.66. The minimum atomic E-state index is -1.05. The topological polar surface area (TPSA) is 41.1 Å². The highest BCUT2D eigenvalue weighted by atomic mass is 35.5. The molecule has 1 heterocycles. The third-order valence-electron chi connectivity index (χ3n) is 3.81. The molecule has 120 valence electrons. The maximum Gasteiger partial charge on any atom is 0.241 e. The lowest BCUT2D eigenvalue weighted by atomic mass is 10.0. The van der Waals surface area contributed by atoms with Crippen molar-refractivity contribution in [3.8, 4) is 11.1 Å². The van der Waals surface area contributed by atoms with E-state index < -0.39 is 23.9 Å². The third kappa shape index (κ3) is 3.35. The monoisotopic (exact) mass is 336 g/mol. The van der Waals surface area contributed by atoms with E-state index in [9.17, 15) is 13.6 Å². The van der Waals surface area contributed by atoms with Gasteiger partial charge >= 0.3 is 0 Å². The predicted octanol–water partition coefficient (Wildman–Crippen LogP) is 3.78. The average Bonchev–Trinajstić information content (AvgIpc) is 2.97. The third-order valence-corrected chi connectivity index (χ3v) is 4.14. The van der Waals surface area contributed by atoms with Crippen LogP contribution in [0.25, 0.3) is 11.1 Å². The molecule has 1 amide bonds. The van der Waals surface area contributed by atoms with Crippen LogP contribution < -0.4 is 10.6 Å². The molecule has 0 saturated carbocycles. The summed E-state index contributed by atoms with van der Waals surface area (Å²) >= 11 is 6.10. The summed E-state index contributed by atoms with van der Waals surface area (Å²) in [7, 11) is 0. The number of amides is 1. The molecule has 0 radical (unpaired) electrons. The summed E-state index contributed by atoms with van der Waals surface area (Å²) in [6.07, 6.45) is -0.956. The van der Waals surface area contributed by atoms with Crippen molar-refractivity contribution in [1.82, 2.24) is 5.32 Å². The average molecular weight is 337 g/mol. The fraction of sp³-hybridized carbons (Fsp3) is 0.235. The summed E-state index contributed by atoms with van der Waals surface area (Å²) in [6, 6.07) is 11.0. The first-order chi connectivity index (χ1) is 11.1. The molecule has 23 heavy (non-hydrogen) atoms. The molecule has 1 saturated heterocycles. The van der Waals surface area contributed by atoms with Gasteiger partial charge in [0.15, 0.2) is 5.82 Å². The van der Waals surface area contributed by atoms with Crippen LogP contribution in [0.4, 0.5) is 14.5 Å². The van der Waals surface area contributed by atoms with Gasteiger partial charge in [0.1, 0.15) is 6.17 Å². The minimum Gasteiger partial charge on any atom is -0.322 e. The van der Waals surface area contributed by atoms with E-state index >= 15 is 0 Å². The van der Waals surface area contributed by atoms with Gasteiger partial charge < -0.3 is 10.6 Å². The van der Waals surface area contributed by atoms with Crippen LogP contribution in [0.1, 0.15) is 6.42 Å². The van der Waals surface area contributed by atoms with Crippen molar-refractivity contribution in [3.63, 3.8) is 0 Å². The van der Waals surface area contributed by atoms with Crippen LogP contribution in [-0.4, -0.2) is 24.7 Å². The zero-order valence-corrected chi connectivity index (χ0v) is 12.9. The van der Waals surface area contributed by atoms with E-state index in [1.54, 1.807) is 36.4 Å². The van der Waals surface area contributed by atoms with E-state index in [4.69, 9.17) is 11.6 Å². The number of alkyl halides is 1. The van der Waals surface area contributed by atoms with Gasteiger partial charge in [0.05, 0.1) is 11.7 Å². The Morgan fingerprint density at radius 1 is 1.17 bits per heavy atom. The second kappa shape index (κ2) is 6.64. The van der Waals surface area contributed by atoms with Gasteiger partial charge in [0.2, 0.25) is 5.91 Å². The molecule has 2 aromatic carbocycles. The van der Waals surface area contributed by atoms with Gasteiger partial charge in [0.25, 0.3) is 0 Å². The summed E-state index contributed by atoms with van der Waals surface area (Å²) in [5.41, 5.74) is 0.901. The molecule has 0 aromatic heterocycles. The smallest absolute Gasteiger partial charge is 0.241 e.